The number of nitrogens with zero attached hydrogens (tertiary/aromatic N) is 1. The first-order chi connectivity index (χ1) is 8.00. The van der Waals surface area contributed by atoms with Crippen LogP contribution >= 0.6 is 0 Å². The smallest absolute Gasteiger partial charge is 0.222 e. The summed E-state index contributed by atoms with van der Waals surface area (Å²) in [6.07, 6.45) is 1.27. The molecule has 0 heterocycles. The van der Waals surface area contributed by atoms with Crippen LogP contribution in [0.15, 0.2) is 24.3 Å². The van der Waals surface area contributed by atoms with Crippen LogP contribution in [0.4, 0.5) is 0 Å². The molecule has 0 bridgehead atoms. The van der Waals surface area contributed by atoms with Gasteiger partial charge in [0.05, 0.1) is 0 Å². The minimum Gasteiger partial charge on any atom is -0.341 e. The Morgan fingerprint density at radius 3 is 2.65 bits per heavy atom. The van der Waals surface area contributed by atoms with Gasteiger partial charge in [0.1, 0.15) is 0 Å². The van der Waals surface area contributed by atoms with Gasteiger partial charge in [-0.25, -0.2) is 0 Å². The van der Waals surface area contributed by atoms with Crippen LogP contribution in [0.2, 0.25) is 0 Å². The van der Waals surface area contributed by atoms with E-state index in [2.05, 4.69) is 19.1 Å². The van der Waals surface area contributed by atoms with Gasteiger partial charge in [-0.15, -0.1) is 0 Å². The quantitative estimate of drug-likeness (QED) is 0.848. The summed E-state index contributed by atoms with van der Waals surface area (Å²) in [6, 6.07) is 8.23. The van der Waals surface area contributed by atoms with Gasteiger partial charge in [0, 0.05) is 26.1 Å². The highest BCUT2D eigenvalue weighted by molar-refractivity contribution is 5.75. The highest BCUT2D eigenvalue weighted by Gasteiger charge is 2.10. The van der Waals surface area contributed by atoms with E-state index >= 15 is 0 Å². The molecule has 0 spiro atoms. The summed E-state index contributed by atoms with van der Waals surface area (Å²) in [5.41, 5.74) is 8.07. The van der Waals surface area contributed by atoms with Crippen molar-refractivity contribution >= 4 is 5.91 Å². The maximum atomic E-state index is 11.8. The van der Waals surface area contributed by atoms with Crippen molar-refractivity contribution in [1.29, 1.82) is 0 Å². The monoisotopic (exact) mass is 234 g/mol. The van der Waals surface area contributed by atoms with E-state index < -0.39 is 0 Å². The summed E-state index contributed by atoms with van der Waals surface area (Å²) in [4.78, 5) is 13.6. The molecule has 3 nitrogen and oxygen atoms in total. The second-order valence-corrected chi connectivity index (χ2v) is 4.69. The number of benzene rings is 1. The third kappa shape index (κ3) is 4.57. The number of hydrogen-bond acceptors (Lipinski definition) is 2. The molecule has 0 aliphatic rings. The summed E-state index contributed by atoms with van der Waals surface area (Å²) in [5, 5.41) is 0. The third-order valence-corrected chi connectivity index (χ3v) is 2.91. The first kappa shape index (κ1) is 13.7. The van der Waals surface area contributed by atoms with Crippen molar-refractivity contribution in [1.82, 2.24) is 4.90 Å². The van der Waals surface area contributed by atoms with Crippen LogP contribution in [-0.2, 0) is 11.3 Å². The Bertz CT molecular complexity index is 374. The molecule has 1 atom stereocenters. The zero-order valence-electron chi connectivity index (χ0n) is 10.9. The van der Waals surface area contributed by atoms with E-state index in [4.69, 9.17) is 5.73 Å². The molecule has 0 aliphatic heterocycles. The van der Waals surface area contributed by atoms with Crippen molar-refractivity contribution in [3.8, 4) is 0 Å². The molecule has 1 rings (SSSR count). The Morgan fingerprint density at radius 1 is 1.41 bits per heavy atom. The van der Waals surface area contributed by atoms with Crippen LogP contribution in [0.5, 0.6) is 0 Å². The van der Waals surface area contributed by atoms with E-state index in [-0.39, 0.29) is 11.9 Å². The first-order valence-corrected chi connectivity index (χ1v) is 6.04. The molecule has 3 heteroatoms. The fourth-order valence-electron chi connectivity index (χ4n) is 1.67. The van der Waals surface area contributed by atoms with Crippen molar-refractivity contribution in [2.45, 2.75) is 39.3 Å². The fourth-order valence-corrected chi connectivity index (χ4v) is 1.67. The van der Waals surface area contributed by atoms with Gasteiger partial charge in [0.15, 0.2) is 0 Å². The minimum atomic E-state index is 0.0887. The lowest BCUT2D eigenvalue weighted by molar-refractivity contribution is -0.130. The van der Waals surface area contributed by atoms with Gasteiger partial charge < -0.3 is 10.6 Å². The van der Waals surface area contributed by atoms with E-state index in [1.54, 1.807) is 4.90 Å². The second-order valence-electron chi connectivity index (χ2n) is 4.69. The number of hydrogen-bond donors (Lipinski definition) is 1. The average molecular weight is 234 g/mol. The standard InChI is InChI=1S/C14H22N2O/c1-11-6-4-5-7-13(11)10-16(3)14(17)9-8-12(2)15/h4-7,12H,8-10,15H2,1-3H3. The topological polar surface area (TPSA) is 46.3 Å². The molecule has 1 amide bonds. The molecule has 1 unspecified atom stereocenters. The van der Waals surface area contributed by atoms with Crippen LogP contribution in [0.25, 0.3) is 0 Å². The van der Waals surface area contributed by atoms with Gasteiger partial charge >= 0.3 is 0 Å². The summed E-state index contributed by atoms with van der Waals surface area (Å²) in [6.45, 7) is 4.66. The molecule has 0 aliphatic carbocycles. The highest BCUT2D eigenvalue weighted by Crippen LogP contribution is 2.10. The van der Waals surface area contributed by atoms with E-state index in [0.29, 0.717) is 13.0 Å². The Hall–Kier alpha value is -1.35. The number of rotatable bonds is 5. The fraction of sp³-hybridized carbons (Fsp3) is 0.500. The van der Waals surface area contributed by atoms with Gasteiger partial charge in [0.2, 0.25) is 5.91 Å². The number of carbonyl (C=O) groups excluding carboxylic acids is 1. The molecule has 2 N–H and O–H groups in total. The predicted octanol–water partition coefficient (Wildman–Crippen LogP) is 2.08. The SMILES string of the molecule is Cc1ccccc1CN(C)C(=O)CCC(C)N. The molecular weight excluding hydrogens is 212 g/mol. The predicted molar refractivity (Wildman–Crippen MR) is 70.5 cm³/mol. The molecule has 0 fully saturated rings. The Balaban J connectivity index is 2.51. The van der Waals surface area contributed by atoms with Gasteiger partial charge in [0.25, 0.3) is 0 Å². The molecule has 0 radical (unpaired) electrons. The van der Waals surface area contributed by atoms with E-state index in [9.17, 15) is 4.79 Å². The summed E-state index contributed by atoms with van der Waals surface area (Å²) in [5.74, 6) is 0.158. The van der Waals surface area contributed by atoms with Gasteiger partial charge in [-0.3, -0.25) is 4.79 Å². The Kier molecular flexibility index (Phi) is 5.16. The van der Waals surface area contributed by atoms with Gasteiger partial charge in [-0.1, -0.05) is 24.3 Å². The minimum absolute atomic E-state index is 0.0887. The van der Waals surface area contributed by atoms with Gasteiger partial charge in [-0.2, -0.15) is 0 Å². The lowest BCUT2D eigenvalue weighted by Gasteiger charge is -2.19. The zero-order valence-corrected chi connectivity index (χ0v) is 10.9. The second kappa shape index (κ2) is 6.40. The number of nitrogens with two attached hydrogens (primary N) is 1. The van der Waals surface area contributed by atoms with Crippen LogP contribution in [-0.4, -0.2) is 23.9 Å². The number of carbonyl (C=O) groups is 1. The third-order valence-electron chi connectivity index (χ3n) is 2.91. The molecule has 94 valence electrons. The molecule has 1 aromatic rings. The van der Waals surface area contributed by atoms with Crippen molar-refractivity contribution in [3.63, 3.8) is 0 Å². The Labute approximate surface area is 104 Å². The van der Waals surface area contributed by atoms with Crippen LogP contribution in [0, 0.1) is 6.92 Å². The van der Waals surface area contributed by atoms with Crippen molar-refractivity contribution in [3.05, 3.63) is 35.4 Å². The van der Waals surface area contributed by atoms with E-state index in [0.717, 1.165) is 6.42 Å². The van der Waals surface area contributed by atoms with Crippen molar-refractivity contribution in [2.24, 2.45) is 5.73 Å². The lowest BCUT2D eigenvalue weighted by Crippen LogP contribution is -2.28. The molecular formula is C14H22N2O. The van der Waals surface area contributed by atoms with Crippen molar-refractivity contribution < 1.29 is 4.79 Å². The maximum absolute atomic E-state index is 11.8. The first-order valence-electron chi connectivity index (χ1n) is 6.04. The highest BCUT2D eigenvalue weighted by atomic mass is 16.2. The van der Waals surface area contributed by atoms with E-state index in [1.165, 1.54) is 11.1 Å². The number of amides is 1. The van der Waals surface area contributed by atoms with Crippen LogP contribution in [0.1, 0.15) is 30.9 Å². The summed E-state index contributed by atoms with van der Waals surface area (Å²) < 4.78 is 0. The normalized spacial score (nSPS) is 12.2. The van der Waals surface area contributed by atoms with E-state index in [1.807, 2.05) is 26.1 Å². The molecule has 0 saturated heterocycles. The van der Waals surface area contributed by atoms with Gasteiger partial charge in [-0.05, 0) is 31.4 Å². The van der Waals surface area contributed by atoms with Crippen LogP contribution in [0.3, 0.4) is 0 Å². The number of aryl methyl sites for hydroxylation is 1. The largest absolute Gasteiger partial charge is 0.341 e. The molecule has 0 aromatic heterocycles. The molecule has 0 saturated carbocycles. The Morgan fingerprint density at radius 2 is 2.06 bits per heavy atom. The maximum Gasteiger partial charge on any atom is 0.222 e. The molecule has 17 heavy (non-hydrogen) atoms. The molecule has 1 aromatic carbocycles. The summed E-state index contributed by atoms with van der Waals surface area (Å²) in [7, 11) is 1.84. The van der Waals surface area contributed by atoms with Crippen molar-refractivity contribution in [2.75, 3.05) is 7.05 Å². The van der Waals surface area contributed by atoms with Crippen LogP contribution < -0.4 is 5.73 Å². The lowest BCUT2D eigenvalue weighted by atomic mass is 10.1. The average Bonchev–Trinajstić information content (AvgIpc) is 2.28. The summed E-state index contributed by atoms with van der Waals surface area (Å²) >= 11 is 0. The zero-order chi connectivity index (χ0) is 12.8.